The van der Waals surface area contributed by atoms with E-state index in [1.165, 1.54) is 0 Å². The van der Waals surface area contributed by atoms with Crippen molar-refractivity contribution in [2.75, 3.05) is 44.2 Å². The second-order valence-corrected chi connectivity index (χ2v) is 9.62. The van der Waals surface area contributed by atoms with Crippen LogP contribution in [0.1, 0.15) is 18.4 Å². The van der Waals surface area contributed by atoms with E-state index in [2.05, 4.69) is 20.8 Å². The van der Waals surface area contributed by atoms with Gasteiger partial charge >= 0.3 is 12.4 Å². The smallest absolute Gasteiger partial charge is 0.338 e. The summed E-state index contributed by atoms with van der Waals surface area (Å²) in [7, 11) is 0. The number of rotatable bonds is 4. The van der Waals surface area contributed by atoms with E-state index < -0.39 is 40.9 Å². The predicted octanol–water partition coefficient (Wildman–Crippen LogP) is 1.10. The summed E-state index contributed by atoms with van der Waals surface area (Å²) in [6.45, 7) is 1.97. The first-order chi connectivity index (χ1) is 16.9. The van der Waals surface area contributed by atoms with Gasteiger partial charge in [-0.3, -0.25) is 19.9 Å². The van der Waals surface area contributed by atoms with Gasteiger partial charge in [0.15, 0.2) is 0 Å². The highest BCUT2D eigenvalue weighted by atomic mass is 19.4. The number of nitrogens with one attached hydrogen (secondary N) is 2. The summed E-state index contributed by atoms with van der Waals surface area (Å²) in [6, 6.07) is -0.603. The van der Waals surface area contributed by atoms with Crippen molar-refractivity contribution in [2.45, 2.75) is 37.3 Å². The van der Waals surface area contributed by atoms with E-state index in [4.69, 9.17) is 0 Å². The number of anilines is 1. The molecule has 0 radical (unpaired) electrons. The van der Waals surface area contributed by atoms with E-state index in [9.17, 15) is 35.9 Å². The van der Waals surface area contributed by atoms with Gasteiger partial charge in [-0.15, -0.1) is 0 Å². The number of hydrogen-bond acceptors (Lipinski definition) is 7. The maximum atomic E-state index is 13.2. The summed E-state index contributed by atoms with van der Waals surface area (Å²) < 4.78 is 77.6. The molecule has 1 aromatic rings. The van der Waals surface area contributed by atoms with Crippen molar-refractivity contribution in [1.82, 2.24) is 30.6 Å². The van der Waals surface area contributed by atoms with Crippen molar-refractivity contribution in [2.24, 2.45) is 5.41 Å². The van der Waals surface area contributed by atoms with Crippen molar-refractivity contribution >= 4 is 17.8 Å². The van der Waals surface area contributed by atoms with Crippen LogP contribution in [-0.4, -0.2) is 89.1 Å². The Hall–Kier alpha value is -2.94. The normalized spacial score (nSPS) is 29.1. The molecule has 2 N–H and O–H groups in total. The van der Waals surface area contributed by atoms with Gasteiger partial charge in [-0.25, -0.2) is 15.4 Å². The maximum absolute atomic E-state index is 13.2. The van der Waals surface area contributed by atoms with Gasteiger partial charge in [0.05, 0.1) is 18.2 Å². The topological polar surface area (TPSA) is 93.7 Å². The van der Waals surface area contributed by atoms with Crippen LogP contribution in [-0.2, 0) is 15.8 Å². The quantitative estimate of drug-likeness (QED) is 0.576. The molecule has 1 saturated carbocycles. The minimum Gasteiger partial charge on any atom is -0.338 e. The number of amides is 2. The van der Waals surface area contributed by atoms with E-state index in [0.29, 0.717) is 45.6 Å². The lowest BCUT2D eigenvalue weighted by atomic mass is 9.65. The highest BCUT2D eigenvalue weighted by molar-refractivity contribution is 5.95. The van der Waals surface area contributed by atoms with Crippen molar-refractivity contribution in [3.8, 4) is 0 Å². The minimum absolute atomic E-state index is 0.0814. The second-order valence-electron chi connectivity index (χ2n) is 9.62. The average molecular weight is 519 g/mol. The number of aromatic nitrogens is 2. The summed E-state index contributed by atoms with van der Waals surface area (Å²) in [5.41, 5.74) is 2.15. The van der Waals surface area contributed by atoms with Crippen molar-refractivity contribution in [3.63, 3.8) is 0 Å². The number of alkyl halides is 6. The Bertz CT molecular complexity index is 1060. The van der Waals surface area contributed by atoms with Gasteiger partial charge in [0.2, 0.25) is 11.9 Å². The molecule has 3 saturated heterocycles. The first kappa shape index (κ1) is 24.7. The SMILES string of the molecule is O=C1NNC(C23CC(C2)N(CC(=O)N2CCN(c4ncc(C(F)(F)F)cn4)CC2)C3)C=C1C(F)(F)F. The maximum Gasteiger partial charge on any atom is 0.421 e. The molecule has 5 heterocycles. The number of hydrogen-bond donors (Lipinski definition) is 2. The molecule has 1 aliphatic carbocycles. The number of piperazine rings is 1. The van der Waals surface area contributed by atoms with E-state index in [-0.39, 0.29) is 24.4 Å². The standard InChI is InChI=1S/C21H23F6N7O2/c22-20(23,24)12-8-28-18(29-9-12)33-3-1-32(2-4-33)16(35)10-34-11-19(6-13(34)7-19)15-5-14(21(25,26)27)17(36)31-30-15/h5,8-9,13,15,30H,1-4,6-7,10-11H2,(H,31,36). The summed E-state index contributed by atoms with van der Waals surface area (Å²) in [5.74, 6) is -1.17. The third-order valence-corrected chi connectivity index (χ3v) is 7.42. The second kappa shape index (κ2) is 8.57. The number of hydrazine groups is 1. The van der Waals surface area contributed by atoms with Crippen LogP contribution < -0.4 is 15.8 Å². The van der Waals surface area contributed by atoms with Crippen LogP contribution >= 0.6 is 0 Å². The molecule has 1 atom stereocenters. The Morgan fingerprint density at radius 1 is 1.03 bits per heavy atom. The predicted molar refractivity (Wildman–Crippen MR) is 112 cm³/mol. The molecular formula is C21H23F6N7O2. The summed E-state index contributed by atoms with van der Waals surface area (Å²) in [5, 5.41) is 0. The van der Waals surface area contributed by atoms with E-state index in [1.54, 1.807) is 9.80 Å². The number of carbonyl (C=O) groups is 2. The number of carbonyl (C=O) groups excluding carboxylic acids is 2. The van der Waals surface area contributed by atoms with Gasteiger partial charge in [-0.1, -0.05) is 0 Å². The molecule has 6 rings (SSSR count). The van der Waals surface area contributed by atoms with Gasteiger partial charge in [-0.2, -0.15) is 26.3 Å². The molecule has 1 unspecified atom stereocenters. The molecule has 0 spiro atoms. The minimum atomic E-state index is -4.74. The largest absolute Gasteiger partial charge is 0.421 e. The lowest BCUT2D eigenvalue weighted by Crippen LogP contribution is -2.59. The fraction of sp³-hybridized carbons (Fsp3) is 0.619. The molecule has 36 heavy (non-hydrogen) atoms. The van der Waals surface area contributed by atoms with E-state index in [0.717, 1.165) is 18.5 Å². The van der Waals surface area contributed by atoms with Gasteiger partial charge in [-0.05, 0) is 18.9 Å². The lowest BCUT2D eigenvalue weighted by Gasteiger charge is -2.44. The fourth-order valence-corrected chi connectivity index (χ4v) is 5.45. The molecule has 5 aliphatic rings. The van der Waals surface area contributed by atoms with Crippen LogP contribution in [0.5, 0.6) is 0 Å². The van der Waals surface area contributed by atoms with Crippen LogP contribution in [0.2, 0.25) is 0 Å². The first-order valence-electron chi connectivity index (χ1n) is 11.4. The zero-order valence-electron chi connectivity index (χ0n) is 18.9. The number of nitrogens with zero attached hydrogens (tertiary/aromatic N) is 5. The summed E-state index contributed by atoms with van der Waals surface area (Å²) in [6.07, 6.45) is -5.61. The Morgan fingerprint density at radius 3 is 2.25 bits per heavy atom. The third kappa shape index (κ3) is 4.49. The van der Waals surface area contributed by atoms with Crippen LogP contribution in [0, 0.1) is 5.41 Å². The molecular weight excluding hydrogens is 496 g/mol. The first-order valence-corrected chi connectivity index (χ1v) is 11.4. The van der Waals surface area contributed by atoms with Crippen LogP contribution in [0.25, 0.3) is 0 Å². The summed E-state index contributed by atoms with van der Waals surface area (Å²) in [4.78, 5) is 37.4. The molecule has 15 heteroatoms. The molecule has 2 amide bonds. The highest BCUT2D eigenvalue weighted by Gasteiger charge is 2.60. The molecule has 4 fully saturated rings. The Kier molecular flexibility index (Phi) is 5.89. The molecule has 196 valence electrons. The Labute approximate surface area is 201 Å². The number of fused-ring (bicyclic) bond motifs is 1. The van der Waals surface area contributed by atoms with E-state index >= 15 is 0 Å². The van der Waals surface area contributed by atoms with Crippen LogP contribution in [0.4, 0.5) is 32.3 Å². The van der Waals surface area contributed by atoms with Gasteiger partial charge in [0, 0.05) is 56.6 Å². The van der Waals surface area contributed by atoms with E-state index in [1.807, 2.05) is 4.90 Å². The Balaban J connectivity index is 1.14. The molecule has 4 aliphatic heterocycles. The van der Waals surface area contributed by atoms with Gasteiger partial charge in [0.1, 0.15) is 5.57 Å². The fourth-order valence-electron chi connectivity index (χ4n) is 5.45. The zero-order chi connectivity index (χ0) is 25.9. The van der Waals surface area contributed by atoms with Crippen LogP contribution in [0.3, 0.4) is 0 Å². The van der Waals surface area contributed by atoms with Crippen LogP contribution in [0.15, 0.2) is 24.0 Å². The summed E-state index contributed by atoms with van der Waals surface area (Å²) >= 11 is 0. The van der Waals surface area contributed by atoms with Crippen molar-refractivity contribution < 1.29 is 35.9 Å². The lowest BCUT2D eigenvalue weighted by molar-refractivity contribution is -0.138. The molecule has 0 aromatic carbocycles. The van der Waals surface area contributed by atoms with Crippen molar-refractivity contribution in [3.05, 3.63) is 29.6 Å². The highest BCUT2D eigenvalue weighted by Crippen LogP contribution is 2.54. The number of halogens is 6. The average Bonchev–Trinajstić information content (AvgIpc) is 3.33. The molecule has 2 bridgehead atoms. The zero-order valence-corrected chi connectivity index (χ0v) is 18.9. The molecule has 9 nitrogen and oxygen atoms in total. The third-order valence-electron chi connectivity index (χ3n) is 7.42. The monoisotopic (exact) mass is 519 g/mol. The van der Waals surface area contributed by atoms with Gasteiger partial charge < -0.3 is 9.80 Å². The van der Waals surface area contributed by atoms with Crippen molar-refractivity contribution in [1.29, 1.82) is 0 Å². The van der Waals surface area contributed by atoms with Gasteiger partial charge in [0.25, 0.3) is 5.91 Å². The Morgan fingerprint density at radius 2 is 1.67 bits per heavy atom. The molecule has 1 aromatic heterocycles.